The number of ether oxygens (including phenoxy) is 1. The molecule has 2 N–H and O–H groups in total. The Balaban J connectivity index is 1.62. The molecule has 0 fully saturated rings. The van der Waals surface area contributed by atoms with Gasteiger partial charge in [-0.2, -0.15) is 0 Å². The summed E-state index contributed by atoms with van der Waals surface area (Å²) in [5.74, 6) is 3.10. The molecule has 0 aliphatic rings. The van der Waals surface area contributed by atoms with Gasteiger partial charge in [-0.15, -0.1) is 0 Å². The molecule has 5 nitrogen and oxygen atoms in total. The zero-order valence-corrected chi connectivity index (χ0v) is 16.8. The van der Waals surface area contributed by atoms with Crippen molar-refractivity contribution in [1.82, 2.24) is 9.97 Å². The Bertz CT molecular complexity index is 881. The molecular formula is C23H28N4O. The molecule has 3 rings (SSSR count). The normalized spacial score (nSPS) is 10.7. The highest BCUT2D eigenvalue weighted by Gasteiger charge is 2.08. The summed E-state index contributed by atoms with van der Waals surface area (Å²) in [4.78, 5) is 9.00. The van der Waals surface area contributed by atoms with Crippen molar-refractivity contribution < 1.29 is 4.74 Å². The average Bonchev–Trinajstić information content (AvgIpc) is 2.67. The van der Waals surface area contributed by atoms with Crippen molar-refractivity contribution in [3.05, 3.63) is 72.1 Å². The lowest BCUT2D eigenvalue weighted by atomic mass is 10.1. The maximum atomic E-state index is 5.88. The Hall–Kier alpha value is -3.08. The number of hydrogen-bond donors (Lipinski definition) is 2. The molecule has 5 heteroatoms. The van der Waals surface area contributed by atoms with Crippen LogP contribution in [-0.4, -0.2) is 22.6 Å². The van der Waals surface area contributed by atoms with Gasteiger partial charge in [0.1, 0.15) is 23.2 Å². The van der Waals surface area contributed by atoms with Gasteiger partial charge in [-0.3, -0.25) is 0 Å². The molecule has 1 aromatic heterocycles. The number of anilines is 3. The summed E-state index contributed by atoms with van der Waals surface area (Å²) in [5, 5.41) is 6.77. The molecule has 0 atom stereocenters. The van der Waals surface area contributed by atoms with Gasteiger partial charge in [0, 0.05) is 12.6 Å². The van der Waals surface area contributed by atoms with E-state index < -0.39 is 0 Å². The van der Waals surface area contributed by atoms with Crippen LogP contribution in [0.1, 0.15) is 31.7 Å². The number of para-hydroxylation sites is 2. The summed E-state index contributed by atoms with van der Waals surface area (Å²) < 4.78 is 5.88. The van der Waals surface area contributed by atoms with Gasteiger partial charge >= 0.3 is 0 Å². The first kappa shape index (κ1) is 19.7. The molecule has 0 aliphatic carbocycles. The zero-order valence-electron chi connectivity index (χ0n) is 16.8. The highest BCUT2D eigenvalue weighted by molar-refractivity contribution is 5.65. The van der Waals surface area contributed by atoms with E-state index >= 15 is 0 Å². The van der Waals surface area contributed by atoms with E-state index in [1.54, 1.807) is 0 Å². The Morgan fingerprint density at radius 1 is 0.929 bits per heavy atom. The SMILES string of the molecule is Cc1nc(NCCCc2ccccc2)cc(Nc2ccccc2OC(C)C)n1. The number of aromatic nitrogens is 2. The first-order valence-corrected chi connectivity index (χ1v) is 9.76. The first-order valence-electron chi connectivity index (χ1n) is 9.76. The quantitative estimate of drug-likeness (QED) is 0.492. The molecule has 0 aliphatic heterocycles. The van der Waals surface area contributed by atoms with Crippen molar-refractivity contribution in [3.63, 3.8) is 0 Å². The zero-order chi connectivity index (χ0) is 19.8. The minimum atomic E-state index is 0.108. The van der Waals surface area contributed by atoms with Gasteiger partial charge in [-0.1, -0.05) is 42.5 Å². The maximum Gasteiger partial charge on any atom is 0.143 e. The third-order valence-corrected chi connectivity index (χ3v) is 4.14. The van der Waals surface area contributed by atoms with Crippen LogP contribution in [0.5, 0.6) is 5.75 Å². The summed E-state index contributed by atoms with van der Waals surface area (Å²) in [6.45, 7) is 6.79. The number of nitrogens with one attached hydrogen (secondary N) is 2. The van der Waals surface area contributed by atoms with Gasteiger partial charge in [0.25, 0.3) is 0 Å². The molecule has 0 saturated carbocycles. The minimum Gasteiger partial charge on any atom is -0.489 e. The van der Waals surface area contributed by atoms with Crippen molar-refractivity contribution >= 4 is 17.3 Å². The van der Waals surface area contributed by atoms with Crippen LogP contribution in [0.15, 0.2) is 60.7 Å². The number of nitrogens with zero attached hydrogens (tertiary/aromatic N) is 2. The lowest BCUT2D eigenvalue weighted by molar-refractivity contribution is 0.244. The fourth-order valence-electron chi connectivity index (χ4n) is 2.94. The van der Waals surface area contributed by atoms with Gasteiger partial charge in [-0.05, 0) is 51.3 Å². The van der Waals surface area contributed by atoms with Crippen molar-refractivity contribution in [3.8, 4) is 5.75 Å². The van der Waals surface area contributed by atoms with E-state index in [1.807, 2.05) is 57.2 Å². The Morgan fingerprint density at radius 2 is 1.64 bits per heavy atom. The van der Waals surface area contributed by atoms with Crippen molar-refractivity contribution in [2.75, 3.05) is 17.2 Å². The van der Waals surface area contributed by atoms with E-state index in [4.69, 9.17) is 4.74 Å². The van der Waals surface area contributed by atoms with Gasteiger partial charge in [0.15, 0.2) is 0 Å². The molecule has 0 spiro atoms. The molecule has 0 amide bonds. The third kappa shape index (κ3) is 5.98. The van der Waals surface area contributed by atoms with E-state index in [-0.39, 0.29) is 6.10 Å². The molecule has 1 heterocycles. The highest BCUT2D eigenvalue weighted by atomic mass is 16.5. The van der Waals surface area contributed by atoms with Crippen LogP contribution in [0.3, 0.4) is 0 Å². The second-order valence-electron chi connectivity index (χ2n) is 6.99. The van der Waals surface area contributed by atoms with E-state index in [0.29, 0.717) is 0 Å². The van der Waals surface area contributed by atoms with Crippen molar-refractivity contribution in [2.45, 2.75) is 39.7 Å². The highest BCUT2D eigenvalue weighted by Crippen LogP contribution is 2.28. The molecule has 28 heavy (non-hydrogen) atoms. The van der Waals surface area contributed by atoms with Gasteiger partial charge in [0.2, 0.25) is 0 Å². The largest absolute Gasteiger partial charge is 0.489 e. The minimum absolute atomic E-state index is 0.108. The van der Waals surface area contributed by atoms with Crippen molar-refractivity contribution in [1.29, 1.82) is 0 Å². The Labute approximate surface area is 167 Å². The molecule has 0 bridgehead atoms. The predicted octanol–water partition coefficient (Wildman–Crippen LogP) is 5.36. The summed E-state index contributed by atoms with van der Waals surface area (Å²) >= 11 is 0. The van der Waals surface area contributed by atoms with Gasteiger partial charge in [-0.25, -0.2) is 9.97 Å². The molecule has 0 radical (unpaired) electrons. The van der Waals surface area contributed by atoms with E-state index in [1.165, 1.54) is 5.56 Å². The topological polar surface area (TPSA) is 59.1 Å². The van der Waals surface area contributed by atoms with Gasteiger partial charge < -0.3 is 15.4 Å². The molecule has 0 unspecified atom stereocenters. The fourth-order valence-corrected chi connectivity index (χ4v) is 2.94. The van der Waals surface area contributed by atoms with E-state index in [0.717, 1.165) is 48.3 Å². The molecule has 0 saturated heterocycles. The van der Waals surface area contributed by atoms with E-state index in [2.05, 4.69) is 44.9 Å². The second-order valence-corrected chi connectivity index (χ2v) is 6.99. The lowest BCUT2D eigenvalue weighted by Gasteiger charge is -2.16. The summed E-state index contributed by atoms with van der Waals surface area (Å²) in [7, 11) is 0. The number of benzene rings is 2. The second kappa shape index (κ2) is 9.74. The van der Waals surface area contributed by atoms with Crippen LogP contribution in [0, 0.1) is 6.92 Å². The molecular weight excluding hydrogens is 348 g/mol. The van der Waals surface area contributed by atoms with Gasteiger partial charge in [0.05, 0.1) is 11.8 Å². The summed E-state index contributed by atoms with van der Waals surface area (Å²) in [6, 6.07) is 20.3. The number of hydrogen-bond acceptors (Lipinski definition) is 5. The standard InChI is InChI=1S/C23H28N4O/c1-17(2)28-21-14-8-7-13-20(21)27-23-16-22(25-18(3)26-23)24-15-9-12-19-10-5-4-6-11-19/h4-8,10-11,13-14,16-17H,9,12,15H2,1-3H3,(H2,24,25,26,27). The first-order chi connectivity index (χ1) is 13.6. The third-order valence-electron chi connectivity index (χ3n) is 4.14. The predicted molar refractivity (Wildman–Crippen MR) is 116 cm³/mol. The van der Waals surface area contributed by atoms with Crippen molar-refractivity contribution in [2.24, 2.45) is 0 Å². The molecule has 3 aromatic rings. The molecule has 146 valence electrons. The van der Waals surface area contributed by atoms with E-state index in [9.17, 15) is 0 Å². The summed E-state index contributed by atoms with van der Waals surface area (Å²) in [6.07, 6.45) is 2.20. The maximum absolute atomic E-state index is 5.88. The van der Waals surface area contributed by atoms with Crippen LogP contribution in [0.2, 0.25) is 0 Å². The number of rotatable bonds is 9. The smallest absolute Gasteiger partial charge is 0.143 e. The molecule has 2 aromatic carbocycles. The number of aryl methyl sites for hydroxylation is 2. The Kier molecular flexibility index (Phi) is 6.84. The lowest BCUT2D eigenvalue weighted by Crippen LogP contribution is -2.09. The fraction of sp³-hybridized carbons (Fsp3) is 0.304. The van der Waals surface area contributed by atoms with Crippen LogP contribution in [0.25, 0.3) is 0 Å². The average molecular weight is 377 g/mol. The monoisotopic (exact) mass is 376 g/mol. The van der Waals surface area contributed by atoms with Crippen LogP contribution >= 0.6 is 0 Å². The van der Waals surface area contributed by atoms with Crippen LogP contribution in [0.4, 0.5) is 17.3 Å². The summed E-state index contributed by atoms with van der Waals surface area (Å²) in [5.41, 5.74) is 2.25. The van der Waals surface area contributed by atoms with Crippen LogP contribution < -0.4 is 15.4 Å². The van der Waals surface area contributed by atoms with Crippen LogP contribution in [-0.2, 0) is 6.42 Å². The Morgan fingerprint density at radius 3 is 2.43 bits per heavy atom.